The van der Waals surface area contributed by atoms with Gasteiger partial charge in [0.05, 0.1) is 24.2 Å². The van der Waals surface area contributed by atoms with Gasteiger partial charge < -0.3 is 29.9 Å². The van der Waals surface area contributed by atoms with Gasteiger partial charge in [-0.2, -0.15) is 0 Å². The van der Waals surface area contributed by atoms with Gasteiger partial charge in [0.1, 0.15) is 0 Å². The fraction of sp³-hybridized carbons (Fsp3) is 0.176. The first-order chi connectivity index (χ1) is 53.5. The summed E-state index contributed by atoms with van der Waals surface area (Å²) >= 11 is 0. The van der Waals surface area contributed by atoms with Gasteiger partial charge in [0.2, 0.25) is 0 Å². The van der Waals surface area contributed by atoms with E-state index in [-0.39, 0.29) is 60.3 Å². The first-order valence-corrected chi connectivity index (χ1v) is 48.9. The van der Waals surface area contributed by atoms with E-state index < -0.39 is 24.2 Å². The van der Waals surface area contributed by atoms with Crippen LogP contribution in [0, 0.1) is 55.2 Å². The molecule has 585 valence electrons. The molecule has 0 fully saturated rings. The molecule has 0 bridgehead atoms. The summed E-state index contributed by atoms with van der Waals surface area (Å²) in [5.74, 6) is 1.24. The van der Waals surface area contributed by atoms with Crippen molar-refractivity contribution < 1.29 is 60.3 Å². The van der Waals surface area contributed by atoms with Crippen molar-refractivity contribution in [2.24, 2.45) is 11.8 Å². The molecule has 15 rings (SSSR count). The molecular formula is C102H102Ir3N6Si3-6. The summed E-state index contributed by atoms with van der Waals surface area (Å²) in [7, 11) is -3.84. The predicted molar refractivity (Wildman–Crippen MR) is 478 cm³/mol. The zero-order valence-corrected chi connectivity index (χ0v) is 78.1. The molecule has 6 nitrogen and oxygen atoms in total. The van der Waals surface area contributed by atoms with Crippen molar-refractivity contribution in [2.75, 3.05) is 0 Å². The predicted octanol–water partition coefficient (Wildman–Crippen LogP) is 24.6. The smallest absolute Gasteiger partial charge is 0.0776 e. The average Bonchev–Trinajstić information content (AvgIpc) is 0.803. The molecule has 6 aromatic heterocycles. The summed E-state index contributed by atoms with van der Waals surface area (Å²) in [6, 6.07) is 118. The van der Waals surface area contributed by atoms with E-state index in [0.29, 0.717) is 11.8 Å². The molecule has 0 aliphatic rings. The molecule has 12 heteroatoms. The van der Waals surface area contributed by atoms with Crippen molar-refractivity contribution in [2.45, 2.75) is 106 Å². The molecule has 3 radical (unpaired) electrons. The Hall–Kier alpha value is -9.52. The summed E-state index contributed by atoms with van der Waals surface area (Å²) < 4.78 is 0. The second-order valence-electron chi connectivity index (χ2n) is 31.3. The Morgan fingerprint density at radius 3 is 0.868 bits per heavy atom. The maximum absolute atomic E-state index is 4.74. The SMILES string of the molecule is CC(C)Cc1cc(-c2[c-]cccc2)ncc1-c1ccc([Si](C)(C)C)cc1.CC(C)Cc1cc([Si](C)(C)C)ccc1-c1ccc(-c2[c-]cccc2)nc1.Cc1cc([Si](C)(C)C)ccc1-c1ccc(-c2[c-]cccc2)nc1.[Ir].[Ir].[Ir].[c-]1ccccc1-c1ccccn1.[c-]1ccccc1-c1ccccn1.[c-]1ccccc1-c1ccccn1. The molecule has 15 aromatic rings. The van der Waals surface area contributed by atoms with Gasteiger partial charge in [0.15, 0.2) is 0 Å². The molecule has 0 saturated carbocycles. The molecule has 0 unspecified atom stereocenters. The van der Waals surface area contributed by atoms with Crippen molar-refractivity contribution in [3.8, 4) is 101 Å². The van der Waals surface area contributed by atoms with Crippen molar-refractivity contribution >= 4 is 39.8 Å². The van der Waals surface area contributed by atoms with Crippen molar-refractivity contribution in [3.05, 3.63) is 381 Å². The Labute approximate surface area is 724 Å². The zero-order valence-electron chi connectivity index (χ0n) is 67.9. The molecule has 0 saturated heterocycles. The van der Waals surface area contributed by atoms with Crippen LogP contribution < -0.4 is 15.6 Å². The maximum atomic E-state index is 4.74. The molecule has 0 aliphatic carbocycles. The van der Waals surface area contributed by atoms with Crippen molar-refractivity contribution in [1.29, 1.82) is 0 Å². The standard InChI is InChI=1S/2C24H28NSi.C21H22NSi.3C11H8N.3Ir/c1-18(2)15-21-16-22(26(3,4)5)12-13-23(21)20-11-14-24(25-17-20)19-9-7-6-8-10-19;1-18(2)15-21-16-24(20-9-7-6-8-10-20)25-17-23(21)19-11-13-22(14-12-19)26(3,4)5;1-16-14-19(23(2,3)4)11-12-20(16)18-10-13-21(22-15-18)17-8-6-5-7-9-17;3*1-2-6-10(7-3-1)11-8-4-5-9-12-11;;;/h2*6-9,11-14,16-18H,15H2,1-5H3;5-8,10-15H,1-4H3;3*1-6,8-9H;;;/q6*-1;;;. The first-order valence-electron chi connectivity index (χ1n) is 38.4. The molecule has 0 spiro atoms. The molecule has 0 N–H and O–H groups in total. The minimum atomic E-state index is -1.31. The van der Waals surface area contributed by atoms with Crippen LogP contribution >= 0.6 is 0 Å². The number of rotatable bonds is 16. The monoisotopic (exact) mass is 2070 g/mol. The van der Waals surface area contributed by atoms with E-state index in [1.807, 2.05) is 207 Å². The minimum Gasteiger partial charge on any atom is -0.305 e. The van der Waals surface area contributed by atoms with Crippen LogP contribution in [0.15, 0.2) is 328 Å². The Morgan fingerprint density at radius 1 is 0.263 bits per heavy atom. The summed E-state index contributed by atoms with van der Waals surface area (Å²) in [5, 5.41) is 4.53. The number of pyridine rings is 6. The van der Waals surface area contributed by atoms with Gasteiger partial charge in [0.25, 0.3) is 0 Å². The van der Waals surface area contributed by atoms with Crippen LogP contribution in [-0.2, 0) is 73.2 Å². The van der Waals surface area contributed by atoms with Crippen LogP contribution in [0.1, 0.15) is 44.4 Å². The molecule has 0 aliphatic heterocycles. The molecule has 0 amide bonds. The van der Waals surface area contributed by atoms with E-state index in [0.717, 1.165) is 80.4 Å². The molecular weight excluding hydrogens is 1970 g/mol. The van der Waals surface area contributed by atoms with Crippen molar-refractivity contribution in [3.63, 3.8) is 0 Å². The Morgan fingerprint density at radius 2 is 0.561 bits per heavy atom. The second-order valence-corrected chi connectivity index (χ2v) is 46.6. The van der Waals surface area contributed by atoms with Crippen LogP contribution in [0.5, 0.6) is 0 Å². The third-order valence-corrected chi connectivity index (χ3v) is 24.6. The quantitative estimate of drug-likeness (QED) is 0.0709. The topological polar surface area (TPSA) is 77.3 Å². The van der Waals surface area contributed by atoms with Gasteiger partial charge in [-0.3, -0.25) is 0 Å². The Balaban J connectivity index is 0.000000194. The average molecular weight is 2070 g/mol. The Kier molecular flexibility index (Phi) is 36.6. The molecule has 114 heavy (non-hydrogen) atoms. The number of hydrogen-bond donors (Lipinski definition) is 0. The summed E-state index contributed by atoms with van der Waals surface area (Å²) in [6.45, 7) is 32.9. The Bertz CT molecular complexity index is 4940. The van der Waals surface area contributed by atoms with Crippen LogP contribution in [0.3, 0.4) is 0 Å². The zero-order chi connectivity index (χ0) is 78.6. The summed E-state index contributed by atoms with van der Waals surface area (Å²) in [5.41, 5.74) is 23.7. The van der Waals surface area contributed by atoms with E-state index in [1.165, 1.54) is 65.6 Å². The first kappa shape index (κ1) is 91.7. The number of hydrogen-bond acceptors (Lipinski definition) is 6. The van der Waals surface area contributed by atoms with E-state index >= 15 is 0 Å². The van der Waals surface area contributed by atoms with Gasteiger partial charge in [-0.25, -0.2) is 0 Å². The third-order valence-electron chi connectivity index (χ3n) is 18.4. The van der Waals surface area contributed by atoms with Gasteiger partial charge >= 0.3 is 0 Å². The van der Waals surface area contributed by atoms with Gasteiger partial charge in [-0.05, 0) is 128 Å². The number of nitrogens with zero attached hydrogens (tertiary/aromatic N) is 6. The third kappa shape index (κ3) is 28.2. The van der Waals surface area contributed by atoms with Gasteiger partial charge in [-0.1, -0.05) is 230 Å². The van der Waals surface area contributed by atoms with Crippen molar-refractivity contribution in [1.82, 2.24) is 29.9 Å². The van der Waals surface area contributed by atoms with Crippen LogP contribution in [-0.4, -0.2) is 54.1 Å². The van der Waals surface area contributed by atoms with Crippen LogP contribution in [0.4, 0.5) is 0 Å². The second kappa shape index (κ2) is 45.5. The largest absolute Gasteiger partial charge is 0.305 e. The van der Waals surface area contributed by atoms with E-state index in [9.17, 15) is 0 Å². The van der Waals surface area contributed by atoms with E-state index in [2.05, 4.69) is 253 Å². The summed E-state index contributed by atoms with van der Waals surface area (Å²) in [6.07, 6.45) is 13.5. The van der Waals surface area contributed by atoms with Gasteiger partial charge in [0, 0.05) is 103 Å². The maximum Gasteiger partial charge on any atom is 0.0776 e. The normalized spacial score (nSPS) is 10.7. The van der Waals surface area contributed by atoms with Crippen LogP contribution in [0.25, 0.3) is 101 Å². The summed E-state index contributed by atoms with van der Waals surface area (Å²) in [4.78, 5) is 26.7. The fourth-order valence-corrected chi connectivity index (χ4v) is 16.0. The van der Waals surface area contributed by atoms with Gasteiger partial charge in [-0.15, -0.1) is 215 Å². The number of aromatic nitrogens is 6. The molecule has 9 aromatic carbocycles. The molecule has 6 heterocycles. The number of aryl methyl sites for hydroxylation is 1. The number of benzene rings is 9. The fourth-order valence-electron chi connectivity index (χ4n) is 12.4. The molecule has 0 atom stereocenters. The van der Waals surface area contributed by atoms with E-state index in [1.54, 1.807) is 18.6 Å². The van der Waals surface area contributed by atoms with Crippen LogP contribution in [0.2, 0.25) is 58.9 Å². The minimum absolute atomic E-state index is 0. The van der Waals surface area contributed by atoms with E-state index in [4.69, 9.17) is 9.97 Å².